The molecule has 0 bridgehead atoms. The Morgan fingerprint density at radius 2 is 1.76 bits per heavy atom. The minimum absolute atomic E-state index is 0.172. The molecule has 1 aromatic carbocycles. The SMILES string of the molecule is COC(=O)C1(NC(=O)C(C)c2ccc(C)cc2OC)CCCCCC1. The highest BCUT2D eigenvalue weighted by Gasteiger charge is 2.42. The van der Waals surface area contributed by atoms with E-state index in [1.165, 1.54) is 7.11 Å². The lowest BCUT2D eigenvalue weighted by Gasteiger charge is -2.32. The molecule has 0 saturated heterocycles. The third kappa shape index (κ3) is 4.33. The molecule has 1 N–H and O–H groups in total. The van der Waals surface area contributed by atoms with E-state index in [2.05, 4.69) is 5.32 Å². The number of benzene rings is 1. The van der Waals surface area contributed by atoms with Gasteiger partial charge in [-0.2, -0.15) is 0 Å². The van der Waals surface area contributed by atoms with Crippen molar-refractivity contribution in [2.45, 2.75) is 63.8 Å². The average molecular weight is 347 g/mol. The Bertz CT molecular complexity index is 618. The molecule has 0 heterocycles. The third-order valence-corrected chi connectivity index (χ3v) is 5.14. The molecule has 0 spiro atoms. The summed E-state index contributed by atoms with van der Waals surface area (Å²) in [6.07, 6.45) is 5.24. The largest absolute Gasteiger partial charge is 0.496 e. The number of carbonyl (C=O) groups excluding carboxylic acids is 2. The quantitative estimate of drug-likeness (QED) is 0.654. The molecule has 25 heavy (non-hydrogen) atoms. The van der Waals surface area contributed by atoms with E-state index in [-0.39, 0.29) is 11.9 Å². The summed E-state index contributed by atoms with van der Waals surface area (Å²) < 4.78 is 10.4. The summed E-state index contributed by atoms with van der Waals surface area (Å²) in [7, 11) is 2.98. The monoisotopic (exact) mass is 347 g/mol. The lowest BCUT2D eigenvalue weighted by atomic mass is 9.88. The summed E-state index contributed by atoms with van der Waals surface area (Å²) in [4.78, 5) is 25.4. The van der Waals surface area contributed by atoms with Crippen LogP contribution in [-0.2, 0) is 14.3 Å². The first-order valence-corrected chi connectivity index (χ1v) is 8.98. The van der Waals surface area contributed by atoms with Gasteiger partial charge in [-0.3, -0.25) is 4.79 Å². The van der Waals surface area contributed by atoms with Crippen molar-refractivity contribution in [3.05, 3.63) is 29.3 Å². The first-order valence-electron chi connectivity index (χ1n) is 8.98. The smallest absolute Gasteiger partial charge is 0.331 e. The maximum atomic E-state index is 12.9. The number of rotatable bonds is 5. The summed E-state index contributed by atoms with van der Waals surface area (Å²) in [5, 5.41) is 3.02. The second-order valence-electron chi connectivity index (χ2n) is 6.94. The fourth-order valence-corrected chi connectivity index (χ4v) is 3.57. The molecule has 1 aliphatic carbocycles. The van der Waals surface area contributed by atoms with Crippen molar-refractivity contribution >= 4 is 11.9 Å². The zero-order valence-corrected chi connectivity index (χ0v) is 15.7. The second-order valence-corrected chi connectivity index (χ2v) is 6.94. The molecule has 138 valence electrons. The van der Waals surface area contributed by atoms with Crippen LogP contribution in [0, 0.1) is 6.92 Å². The molecule has 1 atom stereocenters. The average Bonchev–Trinajstić information content (AvgIpc) is 2.86. The van der Waals surface area contributed by atoms with Gasteiger partial charge < -0.3 is 14.8 Å². The van der Waals surface area contributed by atoms with E-state index in [9.17, 15) is 9.59 Å². The van der Waals surface area contributed by atoms with Gasteiger partial charge in [0.2, 0.25) is 5.91 Å². The minimum Gasteiger partial charge on any atom is -0.496 e. The summed E-state index contributed by atoms with van der Waals surface area (Å²) in [6.45, 7) is 3.82. The predicted molar refractivity (Wildman–Crippen MR) is 96.7 cm³/mol. The number of ether oxygens (including phenoxy) is 2. The summed E-state index contributed by atoms with van der Waals surface area (Å²) in [5.41, 5.74) is 0.983. The standard InChI is InChI=1S/C20H29NO4/c1-14-9-10-16(17(13-14)24-3)15(2)18(22)21-20(19(23)25-4)11-7-5-6-8-12-20/h9-10,13,15H,5-8,11-12H2,1-4H3,(H,21,22). The van der Waals surface area contributed by atoms with Gasteiger partial charge in [-0.15, -0.1) is 0 Å². The van der Waals surface area contributed by atoms with Crippen LogP contribution in [0.4, 0.5) is 0 Å². The van der Waals surface area contributed by atoms with Crippen molar-refractivity contribution in [2.75, 3.05) is 14.2 Å². The number of carbonyl (C=O) groups is 2. The van der Waals surface area contributed by atoms with Crippen LogP contribution in [0.5, 0.6) is 5.75 Å². The van der Waals surface area contributed by atoms with Crippen LogP contribution < -0.4 is 10.1 Å². The van der Waals surface area contributed by atoms with Gasteiger partial charge >= 0.3 is 5.97 Å². The number of hydrogen-bond donors (Lipinski definition) is 1. The number of hydrogen-bond acceptors (Lipinski definition) is 4. The molecule has 1 aromatic rings. The number of nitrogens with one attached hydrogen (secondary N) is 1. The molecule has 1 unspecified atom stereocenters. The maximum absolute atomic E-state index is 12.9. The highest BCUT2D eigenvalue weighted by molar-refractivity contribution is 5.91. The zero-order valence-electron chi connectivity index (χ0n) is 15.7. The van der Waals surface area contributed by atoms with E-state index < -0.39 is 11.5 Å². The van der Waals surface area contributed by atoms with Crippen molar-refractivity contribution in [3.63, 3.8) is 0 Å². The Kier molecular flexibility index (Phi) is 6.45. The molecule has 5 nitrogen and oxygen atoms in total. The summed E-state index contributed by atoms with van der Waals surface area (Å²) in [5.74, 6) is -0.240. The first kappa shape index (κ1) is 19.3. The number of aryl methyl sites for hydroxylation is 1. The number of methoxy groups -OCH3 is 2. The van der Waals surface area contributed by atoms with Crippen molar-refractivity contribution in [3.8, 4) is 5.75 Å². The molecule has 5 heteroatoms. The van der Waals surface area contributed by atoms with Crippen LogP contribution in [0.3, 0.4) is 0 Å². The van der Waals surface area contributed by atoms with Gasteiger partial charge in [0.15, 0.2) is 0 Å². The van der Waals surface area contributed by atoms with Crippen molar-refractivity contribution in [1.29, 1.82) is 0 Å². The number of esters is 1. The molecule has 0 aliphatic heterocycles. The Labute approximate surface area is 150 Å². The van der Waals surface area contributed by atoms with Gasteiger partial charge in [-0.25, -0.2) is 4.79 Å². The van der Waals surface area contributed by atoms with Crippen LogP contribution in [0.25, 0.3) is 0 Å². The van der Waals surface area contributed by atoms with E-state index in [1.54, 1.807) is 7.11 Å². The Morgan fingerprint density at radius 1 is 1.12 bits per heavy atom. The van der Waals surface area contributed by atoms with Crippen molar-refractivity contribution in [2.24, 2.45) is 0 Å². The Hall–Kier alpha value is -2.04. The van der Waals surface area contributed by atoms with E-state index in [0.717, 1.165) is 36.8 Å². The maximum Gasteiger partial charge on any atom is 0.331 e. The van der Waals surface area contributed by atoms with E-state index >= 15 is 0 Å². The summed E-state index contributed by atoms with van der Waals surface area (Å²) >= 11 is 0. The van der Waals surface area contributed by atoms with Gasteiger partial charge in [-0.1, -0.05) is 37.8 Å². The molecule has 1 saturated carbocycles. The van der Waals surface area contributed by atoms with Gasteiger partial charge in [0.05, 0.1) is 20.1 Å². The lowest BCUT2D eigenvalue weighted by molar-refractivity contribution is -0.152. The minimum atomic E-state index is -0.908. The van der Waals surface area contributed by atoms with Crippen LogP contribution in [0.1, 0.15) is 62.5 Å². The van der Waals surface area contributed by atoms with Gasteiger partial charge in [0, 0.05) is 5.56 Å². The number of amides is 1. The first-order chi connectivity index (χ1) is 11.9. The lowest BCUT2D eigenvalue weighted by Crippen LogP contribution is -2.55. The van der Waals surface area contributed by atoms with Gasteiger partial charge in [0.1, 0.15) is 11.3 Å². The normalized spacial score (nSPS) is 17.9. The fraction of sp³-hybridized carbons (Fsp3) is 0.600. The molecule has 0 aromatic heterocycles. The van der Waals surface area contributed by atoms with Crippen LogP contribution in [0.2, 0.25) is 0 Å². The second kappa shape index (κ2) is 8.37. The molecule has 1 fully saturated rings. The van der Waals surface area contributed by atoms with Crippen molar-refractivity contribution < 1.29 is 19.1 Å². The van der Waals surface area contributed by atoms with E-state index in [0.29, 0.717) is 18.6 Å². The molecular weight excluding hydrogens is 318 g/mol. The van der Waals surface area contributed by atoms with E-state index in [4.69, 9.17) is 9.47 Å². The highest BCUT2D eigenvalue weighted by atomic mass is 16.5. The fourth-order valence-electron chi connectivity index (χ4n) is 3.57. The zero-order chi connectivity index (χ0) is 18.4. The molecular formula is C20H29NO4. The van der Waals surface area contributed by atoms with Crippen molar-refractivity contribution in [1.82, 2.24) is 5.32 Å². The van der Waals surface area contributed by atoms with Crippen LogP contribution in [-0.4, -0.2) is 31.6 Å². The highest BCUT2D eigenvalue weighted by Crippen LogP contribution is 2.32. The van der Waals surface area contributed by atoms with Crippen LogP contribution >= 0.6 is 0 Å². The van der Waals surface area contributed by atoms with Gasteiger partial charge in [-0.05, 0) is 38.3 Å². The third-order valence-electron chi connectivity index (χ3n) is 5.14. The summed E-state index contributed by atoms with van der Waals surface area (Å²) in [6, 6.07) is 5.79. The molecule has 1 amide bonds. The Morgan fingerprint density at radius 3 is 2.32 bits per heavy atom. The topological polar surface area (TPSA) is 64.6 Å². The van der Waals surface area contributed by atoms with Gasteiger partial charge in [0.25, 0.3) is 0 Å². The van der Waals surface area contributed by atoms with E-state index in [1.807, 2.05) is 32.0 Å². The molecule has 2 rings (SSSR count). The Balaban J connectivity index is 2.24. The van der Waals surface area contributed by atoms with Crippen LogP contribution in [0.15, 0.2) is 18.2 Å². The molecule has 0 radical (unpaired) electrons. The predicted octanol–water partition coefficient (Wildman–Crippen LogP) is 3.49. The molecule has 1 aliphatic rings.